The quantitative estimate of drug-likeness (QED) is 0.744. The summed E-state index contributed by atoms with van der Waals surface area (Å²) in [6.07, 6.45) is 1.84. The molecule has 12 heavy (non-hydrogen) atoms. The van der Waals surface area contributed by atoms with E-state index in [0.717, 1.165) is 22.9 Å². The van der Waals surface area contributed by atoms with Gasteiger partial charge in [-0.2, -0.15) is 11.8 Å². The highest BCUT2D eigenvalue weighted by Crippen LogP contribution is 2.30. The molecule has 0 unspecified atom stereocenters. The molecule has 1 saturated heterocycles. The monoisotopic (exact) mass is 184 g/mol. The van der Waals surface area contributed by atoms with Gasteiger partial charge in [-0.3, -0.25) is 0 Å². The second-order valence-electron chi connectivity index (χ2n) is 3.03. The molecule has 0 atom stereocenters. The molecule has 2 heterocycles. The van der Waals surface area contributed by atoms with Crippen LogP contribution in [0, 0.1) is 6.92 Å². The molecule has 1 aliphatic heterocycles. The van der Waals surface area contributed by atoms with Crippen LogP contribution in [0.4, 0.5) is 0 Å². The fraction of sp³-hybridized carbons (Fsp3) is 0.625. The Kier molecular flexibility index (Phi) is 2.11. The van der Waals surface area contributed by atoms with Crippen LogP contribution < -0.4 is 0 Å². The van der Waals surface area contributed by atoms with Crippen molar-refractivity contribution in [2.24, 2.45) is 0 Å². The topological polar surface area (TPSA) is 38.0 Å². The minimum absolute atomic E-state index is 0.104. The summed E-state index contributed by atoms with van der Waals surface area (Å²) in [5.41, 5.74) is 1.93. The summed E-state index contributed by atoms with van der Waals surface area (Å²) in [5, 5.41) is 9.09. The maximum absolute atomic E-state index is 9.09. The van der Waals surface area contributed by atoms with Crippen LogP contribution in [-0.4, -0.2) is 26.2 Å². The molecule has 0 amide bonds. The third-order valence-corrected chi connectivity index (χ3v) is 3.51. The van der Waals surface area contributed by atoms with Gasteiger partial charge in [0, 0.05) is 11.5 Å². The Labute approximate surface area is 75.8 Å². The number of hydrogen-bond donors (Lipinski definition) is 1. The van der Waals surface area contributed by atoms with Gasteiger partial charge in [0.25, 0.3) is 0 Å². The first-order valence-electron chi connectivity index (χ1n) is 4.04. The maximum atomic E-state index is 9.09. The summed E-state index contributed by atoms with van der Waals surface area (Å²) in [6, 6.07) is 0.568. The van der Waals surface area contributed by atoms with Gasteiger partial charge in [0.1, 0.15) is 0 Å². The van der Waals surface area contributed by atoms with Gasteiger partial charge in [0.15, 0.2) is 0 Å². The zero-order valence-corrected chi connectivity index (χ0v) is 7.84. The van der Waals surface area contributed by atoms with Gasteiger partial charge in [0.2, 0.25) is 0 Å². The van der Waals surface area contributed by atoms with Gasteiger partial charge in [-0.15, -0.1) is 0 Å². The van der Waals surface area contributed by atoms with Crippen LogP contribution in [0.25, 0.3) is 0 Å². The lowest BCUT2D eigenvalue weighted by atomic mass is 10.3. The van der Waals surface area contributed by atoms with Crippen LogP contribution in [0.3, 0.4) is 0 Å². The van der Waals surface area contributed by atoms with E-state index in [1.54, 1.807) is 0 Å². The van der Waals surface area contributed by atoms with Crippen molar-refractivity contribution >= 4 is 11.8 Å². The summed E-state index contributed by atoms with van der Waals surface area (Å²) < 4.78 is 2.10. The van der Waals surface area contributed by atoms with Crippen LogP contribution in [0.1, 0.15) is 17.4 Å². The number of rotatable bonds is 2. The molecule has 1 fully saturated rings. The average molecular weight is 184 g/mol. The van der Waals surface area contributed by atoms with E-state index in [0.29, 0.717) is 6.04 Å². The second-order valence-corrected chi connectivity index (χ2v) is 4.11. The van der Waals surface area contributed by atoms with Crippen LogP contribution in [0.5, 0.6) is 0 Å². The van der Waals surface area contributed by atoms with Gasteiger partial charge in [-0.1, -0.05) is 0 Å². The third-order valence-electron chi connectivity index (χ3n) is 2.27. The fourth-order valence-corrected chi connectivity index (χ4v) is 2.14. The molecule has 1 aliphatic rings. The van der Waals surface area contributed by atoms with Crippen molar-refractivity contribution in [1.82, 2.24) is 9.55 Å². The van der Waals surface area contributed by atoms with E-state index in [1.165, 1.54) is 0 Å². The van der Waals surface area contributed by atoms with Gasteiger partial charge < -0.3 is 9.67 Å². The predicted octanol–water partition coefficient (Wildman–Crippen LogP) is 0.972. The molecule has 3 nitrogen and oxygen atoms in total. The van der Waals surface area contributed by atoms with E-state index < -0.39 is 0 Å². The Morgan fingerprint density at radius 1 is 1.75 bits per heavy atom. The van der Waals surface area contributed by atoms with Crippen molar-refractivity contribution in [3.63, 3.8) is 0 Å². The van der Waals surface area contributed by atoms with E-state index in [4.69, 9.17) is 5.11 Å². The molecule has 0 saturated carbocycles. The molecular formula is C8H12N2OS. The largest absolute Gasteiger partial charge is 0.390 e. The summed E-state index contributed by atoms with van der Waals surface area (Å²) in [6.45, 7) is 2.04. The average Bonchev–Trinajstić information content (AvgIpc) is 2.29. The molecule has 0 aliphatic carbocycles. The van der Waals surface area contributed by atoms with Crippen molar-refractivity contribution < 1.29 is 5.11 Å². The van der Waals surface area contributed by atoms with Crippen molar-refractivity contribution in [2.45, 2.75) is 19.6 Å². The molecule has 2 rings (SSSR count). The third kappa shape index (κ3) is 1.15. The normalized spacial score (nSPS) is 17.8. The van der Waals surface area contributed by atoms with E-state index in [2.05, 4.69) is 9.55 Å². The fourth-order valence-electron chi connectivity index (χ4n) is 1.37. The van der Waals surface area contributed by atoms with Crippen LogP contribution in [-0.2, 0) is 6.61 Å². The van der Waals surface area contributed by atoms with Crippen LogP contribution in [0.2, 0.25) is 0 Å². The Morgan fingerprint density at radius 2 is 2.50 bits per heavy atom. The van der Waals surface area contributed by atoms with Gasteiger partial charge in [-0.05, 0) is 6.92 Å². The number of imidazole rings is 1. The number of nitrogens with zero attached hydrogens (tertiary/aromatic N) is 2. The highest BCUT2D eigenvalue weighted by atomic mass is 32.2. The maximum Gasteiger partial charge on any atom is 0.0955 e. The summed E-state index contributed by atoms with van der Waals surface area (Å²) in [7, 11) is 0. The van der Waals surface area contributed by atoms with E-state index in [1.807, 2.05) is 25.0 Å². The Morgan fingerprint density at radius 3 is 3.00 bits per heavy atom. The smallest absolute Gasteiger partial charge is 0.0955 e. The van der Waals surface area contributed by atoms with E-state index in [9.17, 15) is 0 Å². The Bertz CT molecular complexity index is 281. The molecular weight excluding hydrogens is 172 g/mol. The zero-order chi connectivity index (χ0) is 8.55. The number of aliphatic hydroxyl groups is 1. The number of aromatic nitrogens is 2. The molecule has 0 radical (unpaired) electrons. The van der Waals surface area contributed by atoms with E-state index >= 15 is 0 Å². The minimum Gasteiger partial charge on any atom is -0.390 e. The number of aliphatic hydroxyl groups excluding tert-OH is 1. The van der Waals surface area contributed by atoms with E-state index in [-0.39, 0.29) is 6.61 Å². The molecule has 1 aromatic rings. The van der Waals surface area contributed by atoms with Crippen molar-refractivity contribution in [2.75, 3.05) is 11.5 Å². The first kappa shape index (κ1) is 8.13. The lowest BCUT2D eigenvalue weighted by Gasteiger charge is -2.27. The highest BCUT2D eigenvalue weighted by Gasteiger charge is 2.22. The molecule has 1 N–H and O–H groups in total. The zero-order valence-electron chi connectivity index (χ0n) is 7.03. The lowest BCUT2D eigenvalue weighted by molar-refractivity contribution is 0.267. The molecule has 66 valence electrons. The molecule has 1 aromatic heterocycles. The van der Waals surface area contributed by atoms with Gasteiger partial charge in [-0.25, -0.2) is 4.98 Å². The minimum atomic E-state index is 0.104. The van der Waals surface area contributed by atoms with Crippen LogP contribution >= 0.6 is 11.8 Å². The summed E-state index contributed by atoms with van der Waals surface area (Å²) in [4.78, 5) is 4.18. The van der Waals surface area contributed by atoms with Crippen LogP contribution in [0.15, 0.2) is 6.33 Å². The number of hydrogen-bond acceptors (Lipinski definition) is 3. The SMILES string of the molecule is Cc1ncn(C2CSC2)c1CO. The Balaban J connectivity index is 2.29. The molecule has 4 heteroatoms. The standard InChI is InChI=1S/C8H12N2OS/c1-6-8(2-11)10(5-9-6)7-3-12-4-7/h5,7,11H,2-4H2,1H3. The molecule has 0 bridgehead atoms. The molecule has 0 spiro atoms. The summed E-state index contributed by atoms with van der Waals surface area (Å²) in [5.74, 6) is 2.31. The predicted molar refractivity (Wildman–Crippen MR) is 49.2 cm³/mol. The number of aryl methyl sites for hydroxylation is 1. The van der Waals surface area contributed by atoms with Crippen molar-refractivity contribution in [3.8, 4) is 0 Å². The lowest BCUT2D eigenvalue weighted by Crippen LogP contribution is -2.23. The first-order valence-corrected chi connectivity index (χ1v) is 5.19. The van der Waals surface area contributed by atoms with Crippen molar-refractivity contribution in [3.05, 3.63) is 17.7 Å². The highest BCUT2D eigenvalue weighted by molar-refractivity contribution is 8.00. The number of thioether (sulfide) groups is 1. The first-order chi connectivity index (χ1) is 5.83. The summed E-state index contributed by atoms with van der Waals surface area (Å²) >= 11 is 1.94. The van der Waals surface area contributed by atoms with Gasteiger partial charge in [0.05, 0.1) is 30.4 Å². The van der Waals surface area contributed by atoms with Crippen molar-refractivity contribution in [1.29, 1.82) is 0 Å². The Hall–Kier alpha value is -0.480. The van der Waals surface area contributed by atoms with Gasteiger partial charge >= 0.3 is 0 Å². The second kappa shape index (κ2) is 3.11. The molecule has 0 aromatic carbocycles.